The summed E-state index contributed by atoms with van der Waals surface area (Å²) >= 11 is 0. The zero-order chi connectivity index (χ0) is 45.0. The van der Waals surface area contributed by atoms with Crippen LogP contribution in [0.3, 0.4) is 0 Å². The lowest BCUT2D eigenvalue weighted by molar-refractivity contribution is -0.167. The van der Waals surface area contributed by atoms with Crippen molar-refractivity contribution in [2.45, 2.75) is 158 Å². The van der Waals surface area contributed by atoms with Crippen LogP contribution in [0.2, 0.25) is 0 Å². The molecular weight excluding hydrogens is 771 g/mol. The van der Waals surface area contributed by atoms with E-state index >= 15 is 0 Å². The quantitative estimate of drug-likeness (QED) is 0.104. The minimum atomic E-state index is -1.40. The average Bonchev–Trinajstić information content (AvgIpc) is 3.74. The molecule has 0 aromatic rings. The molecule has 0 aliphatic heterocycles. The van der Waals surface area contributed by atoms with Crippen LogP contribution in [0.15, 0.2) is 24.3 Å². The molecule has 4 fully saturated rings. The Bertz CT molecular complexity index is 1800. The molecule has 0 aromatic heterocycles. The summed E-state index contributed by atoms with van der Waals surface area (Å²) in [5, 5.41) is 2.41. The first-order valence-corrected chi connectivity index (χ1v) is 21.8. The van der Waals surface area contributed by atoms with E-state index in [-0.39, 0.29) is 58.9 Å². The van der Waals surface area contributed by atoms with E-state index in [0.717, 1.165) is 32.1 Å². The number of hydrogen-bond donors (Lipinski definition) is 1. The normalized spacial score (nSPS) is 34.2. The van der Waals surface area contributed by atoms with Crippen LogP contribution in [-0.2, 0) is 52.5 Å². The summed E-state index contributed by atoms with van der Waals surface area (Å²) in [6, 6.07) is 0. The number of fused-ring (bicyclic) bond motifs is 2. The van der Waals surface area contributed by atoms with Gasteiger partial charge in [0, 0.05) is 30.6 Å². The van der Waals surface area contributed by atoms with Gasteiger partial charge in [-0.25, -0.2) is 4.79 Å². The molecule has 13 nitrogen and oxygen atoms in total. The van der Waals surface area contributed by atoms with Gasteiger partial charge in [0.2, 0.25) is 0 Å². The number of alkyl carbamates (subject to hydrolysis) is 1. The summed E-state index contributed by atoms with van der Waals surface area (Å²) in [4.78, 5) is 91.2. The maximum absolute atomic E-state index is 14.7. The van der Waals surface area contributed by atoms with Crippen molar-refractivity contribution in [1.82, 2.24) is 5.32 Å². The van der Waals surface area contributed by atoms with Gasteiger partial charge in [0.25, 0.3) is 0 Å². The fourth-order valence-corrected chi connectivity index (χ4v) is 12.3. The Morgan fingerprint density at radius 1 is 0.900 bits per heavy atom. The first-order valence-electron chi connectivity index (χ1n) is 21.8. The first-order chi connectivity index (χ1) is 27.6. The first kappa shape index (κ1) is 47.0. The lowest BCUT2D eigenvalue weighted by Crippen LogP contribution is -2.56. The standard InChI is InChI=1S/C47H69NO12/c1-26(24-56-35(51)16-17-36(52)59-42(6,7)8)27(2)39(54)40(58-37(53)23-48-41(55)60-43(9,10)11)29(4)38-33(57-30(5)49)22-45(13)34-15-14-31-28(3)32(50)18-19-46(31)25-47(34,46)21-20-44(38,45)12/h18-19,26,28-29,31,33-34,38,40H,2,14-17,20-25H2,1,3-13H3,(H,48,55)/t26-,28-,29-,31-,33-,34-,38-,40+,44+,45-,46+,47-/m0/s1. The van der Waals surface area contributed by atoms with Gasteiger partial charge in [-0.1, -0.05) is 47.3 Å². The minimum Gasteiger partial charge on any atom is -0.465 e. The van der Waals surface area contributed by atoms with E-state index in [1.807, 2.05) is 6.92 Å². The van der Waals surface area contributed by atoms with E-state index in [4.69, 9.17) is 23.7 Å². The highest BCUT2D eigenvalue weighted by Gasteiger charge is 2.82. The zero-order valence-corrected chi connectivity index (χ0v) is 38.0. The largest absolute Gasteiger partial charge is 0.465 e. The van der Waals surface area contributed by atoms with Gasteiger partial charge < -0.3 is 29.0 Å². The van der Waals surface area contributed by atoms with Crippen LogP contribution in [0.4, 0.5) is 4.79 Å². The Kier molecular flexibility index (Phi) is 13.1. The molecule has 0 radical (unpaired) electrons. The maximum atomic E-state index is 14.7. The van der Waals surface area contributed by atoms with E-state index < -0.39 is 88.9 Å². The van der Waals surface area contributed by atoms with Crippen molar-refractivity contribution >= 4 is 41.5 Å². The number of ether oxygens (including phenoxy) is 5. The molecule has 0 aromatic carbocycles. The Morgan fingerprint density at radius 2 is 1.53 bits per heavy atom. The number of ketones is 2. The van der Waals surface area contributed by atoms with E-state index in [9.17, 15) is 33.6 Å². The van der Waals surface area contributed by atoms with E-state index in [0.29, 0.717) is 12.3 Å². The van der Waals surface area contributed by atoms with Gasteiger partial charge in [-0.15, -0.1) is 0 Å². The number of allylic oxidation sites excluding steroid dienone is 2. The molecule has 334 valence electrons. The van der Waals surface area contributed by atoms with Crippen molar-refractivity contribution in [3.8, 4) is 0 Å². The highest BCUT2D eigenvalue weighted by atomic mass is 16.6. The van der Waals surface area contributed by atoms with Crippen LogP contribution >= 0.6 is 0 Å². The number of hydrogen-bond acceptors (Lipinski definition) is 12. The van der Waals surface area contributed by atoms with Crippen LogP contribution in [0, 0.1) is 57.2 Å². The summed E-state index contributed by atoms with van der Waals surface area (Å²) < 4.78 is 28.3. The van der Waals surface area contributed by atoms with Gasteiger partial charge in [-0.2, -0.15) is 0 Å². The lowest BCUT2D eigenvalue weighted by Gasteiger charge is -2.61. The molecule has 12 atom stereocenters. The third-order valence-electron chi connectivity index (χ3n) is 15.0. The van der Waals surface area contributed by atoms with E-state index in [1.165, 1.54) is 6.92 Å². The second kappa shape index (κ2) is 16.7. The SMILES string of the molecule is C=C(C(=O)[C@H](OC(=O)CNC(=O)OC(C)(C)C)[C@@H](C)[C@H]1[C@@H](OC(C)=O)C[C@@]2(C)[C@@H]3CC[C@H]4[C@H](C)C(=O)C=C[C@@]45C[C@@]35CC[C@]12C)[C@@H](C)COC(=O)CCC(=O)OC(C)(C)C. The van der Waals surface area contributed by atoms with Gasteiger partial charge >= 0.3 is 30.0 Å². The van der Waals surface area contributed by atoms with Gasteiger partial charge in [0.15, 0.2) is 17.7 Å². The van der Waals surface area contributed by atoms with E-state index in [1.54, 1.807) is 54.5 Å². The van der Waals surface area contributed by atoms with Crippen LogP contribution in [0.5, 0.6) is 0 Å². The molecule has 0 heterocycles. The third kappa shape index (κ3) is 8.96. The minimum absolute atomic E-state index is 0.0240. The molecule has 0 bridgehead atoms. The Morgan fingerprint density at radius 3 is 2.15 bits per heavy atom. The van der Waals surface area contributed by atoms with Crippen molar-refractivity contribution in [3.63, 3.8) is 0 Å². The summed E-state index contributed by atoms with van der Waals surface area (Å²) in [6.07, 6.45) is 5.98. The number of carbonyl (C=O) groups excluding carboxylic acids is 7. The zero-order valence-electron chi connectivity index (χ0n) is 38.0. The maximum Gasteiger partial charge on any atom is 0.408 e. The summed E-state index contributed by atoms with van der Waals surface area (Å²) in [6.45, 7) is 25.1. The summed E-state index contributed by atoms with van der Waals surface area (Å²) in [7, 11) is 0. The molecule has 2 spiro atoms. The van der Waals surface area contributed by atoms with Crippen LogP contribution in [-0.4, -0.2) is 78.1 Å². The van der Waals surface area contributed by atoms with Gasteiger partial charge in [0.1, 0.15) is 23.9 Å². The van der Waals surface area contributed by atoms with Crippen LogP contribution < -0.4 is 5.32 Å². The second-order valence-electron chi connectivity index (χ2n) is 21.0. The van der Waals surface area contributed by atoms with E-state index in [2.05, 4.69) is 38.7 Å². The van der Waals surface area contributed by atoms with Crippen LogP contribution in [0.25, 0.3) is 0 Å². The molecule has 1 N–H and O–H groups in total. The number of esters is 4. The Balaban J connectivity index is 1.41. The summed E-state index contributed by atoms with van der Waals surface area (Å²) in [5.41, 5.74) is -2.25. The molecule has 13 heteroatoms. The number of rotatable bonds is 14. The molecule has 5 aliphatic rings. The fraction of sp³-hybridized carbons (Fsp3) is 0.766. The van der Waals surface area contributed by atoms with Crippen molar-refractivity contribution in [2.75, 3.05) is 13.2 Å². The molecular formula is C47H69NO12. The van der Waals surface area contributed by atoms with Gasteiger partial charge in [0.05, 0.1) is 19.4 Å². The molecule has 5 rings (SSSR count). The monoisotopic (exact) mass is 839 g/mol. The van der Waals surface area contributed by atoms with Crippen molar-refractivity contribution in [2.24, 2.45) is 57.2 Å². The number of nitrogens with one attached hydrogen (secondary N) is 1. The Labute approximate surface area is 355 Å². The second-order valence-corrected chi connectivity index (χ2v) is 21.0. The predicted molar refractivity (Wildman–Crippen MR) is 221 cm³/mol. The highest BCUT2D eigenvalue weighted by molar-refractivity contribution is 6.00. The molecule has 4 saturated carbocycles. The third-order valence-corrected chi connectivity index (χ3v) is 15.0. The average molecular weight is 840 g/mol. The molecule has 60 heavy (non-hydrogen) atoms. The van der Waals surface area contributed by atoms with Crippen LogP contribution in [0.1, 0.15) is 134 Å². The topological polar surface area (TPSA) is 178 Å². The Hall–Kier alpha value is -4.03. The highest BCUT2D eigenvalue weighted by Crippen LogP contribution is 2.87. The van der Waals surface area contributed by atoms with Crippen molar-refractivity contribution < 1.29 is 57.2 Å². The molecule has 5 aliphatic carbocycles. The number of amides is 1. The lowest BCUT2D eigenvalue weighted by atomic mass is 9.43. The summed E-state index contributed by atoms with van der Waals surface area (Å²) in [5.74, 6) is -4.14. The number of carbonyl (C=O) groups is 7. The van der Waals surface area contributed by atoms with Crippen molar-refractivity contribution in [3.05, 3.63) is 24.3 Å². The van der Waals surface area contributed by atoms with Gasteiger partial charge in [-0.05, 0) is 125 Å². The number of Topliss-reactive ketones (excluding diaryl/α,β-unsaturated/α-hetero) is 1. The fourth-order valence-electron chi connectivity index (χ4n) is 12.3. The predicted octanol–water partition coefficient (Wildman–Crippen LogP) is 7.42. The smallest absolute Gasteiger partial charge is 0.408 e. The molecule has 0 unspecified atom stereocenters. The van der Waals surface area contributed by atoms with Crippen molar-refractivity contribution in [1.29, 1.82) is 0 Å². The van der Waals surface area contributed by atoms with Gasteiger partial charge in [-0.3, -0.25) is 28.8 Å². The molecule has 0 saturated heterocycles. The molecule has 1 amide bonds.